The standard InChI is InChI=1S/C15H19NO4.ClH/c17-13(3-4-16-5-7-18-8-6-16)12-1-2-14-15(11-12)20-10-9-19-14;/h1-2,11H,3-10H2;1H/p-1. The van der Waals surface area contributed by atoms with Gasteiger partial charge in [0.1, 0.15) is 13.2 Å². The first kappa shape index (κ1) is 16.1. The number of ketones is 1. The highest BCUT2D eigenvalue weighted by Gasteiger charge is 2.16. The number of rotatable bonds is 4. The summed E-state index contributed by atoms with van der Waals surface area (Å²) in [4.78, 5) is 14.5. The van der Waals surface area contributed by atoms with Gasteiger partial charge in [0.05, 0.1) is 13.2 Å². The van der Waals surface area contributed by atoms with E-state index < -0.39 is 0 Å². The molecule has 3 rings (SSSR count). The minimum atomic E-state index is 0. The molecule has 116 valence electrons. The maximum atomic E-state index is 12.2. The van der Waals surface area contributed by atoms with E-state index in [1.807, 2.05) is 12.1 Å². The fourth-order valence-electron chi connectivity index (χ4n) is 2.45. The van der Waals surface area contributed by atoms with Gasteiger partial charge in [0.25, 0.3) is 0 Å². The summed E-state index contributed by atoms with van der Waals surface area (Å²) in [5, 5.41) is 0. The Morgan fingerprint density at radius 3 is 2.52 bits per heavy atom. The predicted molar refractivity (Wildman–Crippen MR) is 73.6 cm³/mol. The largest absolute Gasteiger partial charge is 1.00 e. The van der Waals surface area contributed by atoms with Gasteiger partial charge in [0.2, 0.25) is 0 Å². The number of halogens is 1. The van der Waals surface area contributed by atoms with Crippen LogP contribution in [0.4, 0.5) is 0 Å². The molecule has 6 heteroatoms. The van der Waals surface area contributed by atoms with Gasteiger partial charge in [-0.05, 0) is 18.2 Å². The molecule has 0 N–H and O–H groups in total. The van der Waals surface area contributed by atoms with Crippen LogP contribution in [0.2, 0.25) is 0 Å². The summed E-state index contributed by atoms with van der Waals surface area (Å²) in [7, 11) is 0. The van der Waals surface area contributed by atoms with Crippen molar-refractivity contribution < 1.29 is 31.4 Å². The molecule has 1 aromatic carbocycles. The molecule has 0 aromatic heterocycles. The smallest absolute Gasteiger partial charge is 0.164 e. The Hall–Kier alpha value is -1.30. The van der Waals surface area contributed by atoms with Crippen LogP contribution in [0.25, 0.3) is 0 Å². The Balaban J connectivity index is 0.00000161. The molecule has 5 nitrogen and oxygen atoms in total. The van der Waals surface area contributed by atoms with E-state index in [2.05, 4.69) is 4.90 Å². The van der Waals surface area contributed by atoms with Gasteiger partial charge < -0.3 is 26.6 Å². The van der Waals surface area contributed by atoms with Crippen LogP contribution >= 0.6 is 0 Å². The fraction of sp³-hybridized carbons (Fsp3) is 0.533. The van der Waals surface area contributed by atoms with E-state index in [0.717, 1.165) is 38.6 Å². The summed E-state index contributed by atoms with van der Waals surface area (Å²) in [6, 6.07) is 5.42. The zero-order valence-corrected chi connectivity index (χ0v) is 12.6. The van der Waals surface area contributed by atoms with Crippen LogP contribution in [0.5, 0.6) is 11.5 Å². The second-order valence-corrected chi connectivity index (χ2v) is 4.99. The number of hydrogen-bond acceptors (Lipinski definition) is 5. The second-order valence-electron chi connectivity index (χ2n) is 4.99. The molecule has 0 spiro atoms. The molecule has 0 radical (unpaired) electrons. The predicted octanol–water partition coefficient (Wildman–Crippen LogP) is -1.63. The van der Waals surface area contributed by atoms with Gasteiger partial charge in [0, 0.05) is 31.6 Å². The quantitative estimate of drug-likeness (QED) is 0.625. The zero-order valence-electron chi connectivity index (χ0n) is 11.8. The average Bonchev–Trinajstić information content (AvgIpc) is 2.53. The van der Waals surface area contributed by atoms with Crippen LogP contribution in [0, 0.1) is 0 Å². The van der Waals surface area contributed by atoms with Gasteiger partial charge in [-0.3, -0.25) is 9.69 Å². The third-order valence-corrected chi connectivity index (χ3v) is 3.62. The molecule has 1 saturated heterocycles. The van der Waals surface area contributed by atoms with E-state index in [-0.39, 0.29) is 18.2 Å². The summed E-state index contributed by atoms with van der Waals surface area (Å²) in [6.07, 6.45) is 0.527. The lowest BCUT2D eigenvalue weighted by Gasteiger charge is -2.26. The molecule has 2 heterocycles. The molecule has 0 saturated carbocycles. The molecule has 21 heavy (non-hydrogen) atoms. The van der Waals surface area contributed by atoms with Crippen molar-refractivity contribution in [2.75, 3.05) is 46.1 Å². The topological polar surface area (TPSA) is 48.0 Å². The third-order valence-electron chi connectivity index (χ3n) is 3.62. The highest BCUT2D eigenvalue weighted by atomic mass is 35.5. The Morgan fingerprint density at radius 2 is 1.76 bits per heavy atom. The zero-order chi connectivity index (χ0) is 13.8. The van der Waals surface area contributed by atoms with E-state index in [1.165, 1.54) is 0 Å². The number of carbonyl (C=O) groups excluding carboxylic acids is 1. The number of benzene rings is 1. The number of carbonyl (C=O) groups is 1. The molecular weight excluding hydrogens is 294 g/mol. The minimum absolute atomic E-state index is 0. The monoisotopic (exact) mass is 312 g/mol. The number of Topliss-reactive ketones (excluding diaryl/α,β-unsaturated/α-hetero) is 1. The van der Waals surface area contributed by atoms with E-state index >= 15 is 0 Å². The summed E-state index contributed by atoms with van der Waals surface area (Å²) in [6.45, 7) is 5.24. The van der Waals surface area contributed by atoms with Gasteiger partial charge in [0.15, 0.2) is 17.3 Å². The van der Waals surface area contributed by atoms with E-state index in [9.17, 15) is 4.79 Å². The summed E-state index contributed by atoms with van der Waals surface area (Å²) in [5.41, 5.74) is 0.697. The Morgan fingerprint density at radius 1 is 1.05 bits per heavy atom. The summed E-state index contributed by atoms with van der Waals surface area (Å²) >= 11 is 0. The lowest BCUT2D eigenvalue weighted by atomic mass is 10.1. The number of ether oxygens (including phenoxy) is 3. The van der Waals surface area contributed by atoms with Crippen molar-refractivity contribution >= 4 is 5.78 Å². The second kappa shape index (κ2) is 7.64. The first-order chi connectivity index (χ1) is 9.83. The van der Waals surface area contributed by atoms with Gasteiger partial charge in [-0.25, -0.2) is 0 Å². The SMILES string of the molecule is O=C(CCN1CCOCC1)c1ccc2c(c1)OCCO2.[Cl-]. The number of morpholine rings is 1. The fourth-order valence-corrected chi connectivity index (χ4v) is 2.45. The average molecular weight is 313 g/mol. The number of fused-ring (bicyclic) bond motifs is 1. The maximum Gasteiger partial charge on any atom is 0.164 e. The van der Waals surface area contributed by atoms with Gasteiger partial charge in [-0.2, -0.15) is 0 Å². The Kier molecular flexibility index (Phi) is 5.85. The third kappa shape index (κ3) is 4.09. The van der Waals surface area contributed by atoms with Crippen LogP contribution < -0.4 is 21.9 Å². The van der Waals surface area contributed by atoms with Gasteiger partial charge in [-0.1, -0.05) is 0 Å². The lowest BCUT2D eigenvalue weighted by Crippen LogP contribution is -3.00. The van der Waals surface area contributed by atoms with Crippen molar-refractivity contribution in [3.63, 3.8) is 0 Å². The first-order valence-electron chi connectivity index (χ1n) is 7.06. The van der Waals surface area contributed by atoms with Crippen LogP contribution in [-0.2, 0) is 4.74 Å². The molecular formula is C15H19ClNO4-. The van der Waals surface area contributed by atoms with Crippen LogP contribution in [0.15, 0.2) is 18.2 Å². The van der Waals surface area contributed by atoms with Crippen molar-refractivity contribution in [3.05, 3.63) is 23.8 Å². The molecule has 0 unspecified atom stereocenters. The van der Waals surface area contributed by atoms with Crippen molar-refractivity contribution in [1.82, 2.24) is 4.90 Å². The first-order valence-corrected chi connectivity index (χ1v) is 7.06. The van der Waals surface area contributed by atoms with Crippen molar-refractivity contribution in [1.29, 1.82) is 0 Å². The molecule has 0 atom stereocenters. The minimum Gasteiger partial charge on any atom is -1.00 e. The van der Waals surface area contributed by atoms with Crippen molar-refractivity contribution in [3.8, 4) is 11.5 Å². The number of hydrogen-bond donors (Lipinski definition) is 0. The van der Waals surface area contributed by atoms with Crippen LogP contribution in [0.1, 0.15) is 16.8 Å². The van der Waals surface area contributed by atoms with E-state index in [4.69, 9.17) is 14.2 Å². The normalized spacial score (nSPS) is 17.9. The highest BCUT2D eigenvalue weighted by Crippen LogP contribution is 2.31. The van der Waals surface area contributed by atoms with Gasteiger partial charge in [-0.15, -0.1) is 0 Å². The molecule has 2 aliphatic rings. The Bertz CT molecular complexity index is 489. The molecule has 1 aromatic rings. The van der Waals surface area contributed by atoms with Crippen molar-refractivity contribution in [2.45, 2.75) is 6.42 Å². The molecule has 2 aliphatic heterocycles. The van der Waals surface area contributed by atoms with Crippen LogP contribution in [-0.4, -0.2) is 56.7 Å². The molecule has 0 amide bonds. The lowest BCUT2D eigenvalue weighted by molar-refractivity contribution is -0.0000132. The van der Waals surface area contributed by atoms with E-state index in [1.54, 1.807) is 6.07 Å². The summed E-state index contributed by atoms with van der Waals surface area (Å²) < 4.78 is 16.3. The molecule has 1 fully saturated rings. The van der Waals surface area contributed by atoms with Crippen molar-refractivity contribution in [2.24, 2.45) is 0 Å². The van der Waals surface area contributed by atoms with E-state index in [0.29, 0.717) is 30.9 Å². The van der Waals surface area contributed by atoms with Crippen LogP contribution in [0.3, 0.4) is 0 Å². The number of nitrogens with zero attached hydrogens (tertiary/aromatic N) is 1. The maximum absolute atomic E-state index is 12.2. The van der Waals surface area contributed by atoms with Gasteiger partial charge >= 0.3 is 0 Å². The molecule has 0 bridgehead atoms. The highest BCUT2D eigenvalue weighted by molar-refractivity contribution is 5.96. The summed E-state index contributed by atoms with van der Waals surface area (Å²) in [5.74, 6) is 1.54. The molecule has 0 aliphatic carbocycles. The Labute approximate surface area is 130 Å².